The van der Waals surface area contributed by atoms with Crippen molar-refractivity contribution >= 4 is 6.08 Å². The molecule has 25 heavy (non-hydrogen) atoms. The Balaban J connectivity index is 1.37. The van der Waals surface area contributed by atoms with Crippen molar-refractivity contribution in [3.63, 3.8) is 0 Å². The van der Waals surface area contributed by atoms with Gasteiger partial charge >= 0.3 is 0 Å². The van der Waals surface area contributed by atoms with Gasteiger partial charge in [-0.1, -0.05) is 54.1 Å². The first kappa shape index (κ1) is 15.2. The van der Waals surface area contributed by atoms with Gasteiger partial charge in [-0.3, -0.25) is 0 Å². The van der Waals surface area contributed by atoms with Gasteiger partial charge in [-0.15, -0.1) is 0 Å². The summed E-state index contributed by atoms with van der Waals surface area (Å²) < 4.78 is 0. The summed E-state index contributed by atoms with van der Waals surface area (Å²) >= 11 is 0. The quantitative estimate of drug-likeness (QED) is 0.559. The van der Waals surface area contributed by atoms with Gasteiger partial charge in [0.05, 0.1) is 0 Å². The molecule has 0 amide bonds. The van der Waals surface area contributed by atoms with Crippen LogP contribution in [0.3, 0.4) is 0 Å². The number of hydrogen-bond donors (Lipinski definition) is 0. The smallest absolute Gasteiger partial charge is 0.00304 e. The zero-order chi connectivity index (χ0) is 16.8. The summed E-state index contributed by atoms with van der Waals surface area (Å²) in [6.45, 7) is 2.32. The molecule has 0 N–H and O–H groups in total. The molecular weight excluding hydrogens is 300 g/mol. The number of fused-ring (bicyclic) bond motifs is 2. The fraction of sp³-hybridized carbons (Fsp3) is 0.360. The summed E-state index contributed by atoms with van der Waals surface area (Å²) in [4.78, 5) is 0. The fourth-order valence-corrected chi connectivity index (χ4v) is 5.14. The van der Waals surface area contributed by atoms with E-state index in [-0.39, 0.29) is 0 Å². The Kier molecular flexibility index (Phi) is 3.66. The SMILES string of the molecule is CC1=C(CCC2C=Cc3ccccc32)C2=CC3=C(CCCC3)CC2=C1. The maximum Gasteiger partial charge on any atom is 0.00304 e. The van der Waals surface area contributed by atoms with Crippen molar-refractivity contribution in [3.8, 4) is 0 Å². The Morgan fingerprint density at radius 3 is 2.88 bits per heavy atom. The van der Waals surface area contributed by atoms with Crippen LogP contribution in [0.2, 0.25) is 0 Å². The minimum Gasteiger partial charge on any atom is -0.0764 e. The van der Waals surface area contributed by atoms with Gasteiger partial charge in [-0.05, 0) is 90.9 Å². The van der Waals surface area contributed by atoms with Gasteiger partial charge in [0.15, 0.2) is 0 Å². The highest BCUT2D eigenvalue weighted by Gasteiger charge is 2.27. The normalized spacial score (nSPS) is 24.1. The van der Waals surface area contributed by atoms with Gasteiger partial charge < -0.3 is 0 Å². The Morgan fingerprint density at radius 1 is 1.04 bits per heavy atom. The van der Waals surface area contributed by atoms with E-state index < -0.39 is 0 Å². The van der Waals surface area contributed by atoms with Crippen LogP contribution < -0.4 is 0 Å². The van der Waals surface area contributed by atoms with E-state index in [0.717, 1.165) is 0 Å². The minimum atomic E-state index is 0.592. The Labute approximate surface area is 151 Å². The number of allylic oxidation sites excluding steroid dienone is 9. The Morgan fingerprint density at radius 2 is 1.92 bits per heavy atom. The highest BCUT2D eigenvalue weighted by atomic mass is 14.3. The van der Waals surface area contributed by atoms with E-state index in [2.05, 4.69) is 55.5 Å². The van der Waals surface area contributed by atoms with E-state index in [1.165, 1.54) is 61.6 Å². The molecule has 0 saturated heterocycles. The van der Waals surface area contributed by atoms with Crippen molar-refractivity contribution in [3.05, 3.63) is 87.1 Å². The number of rotatable bonds is 3. The van der Waals surface area contributed by atoms with Crippen LogP contribution in [0.25, 0.3) is 6.08 Å². The second-order valence-corrected chi connectivity index (χ2v) is 8.04. The van der Waals surface area contributed by atoms with Crippen LogP contribution in [0, 0.1) is 0 Å². The molecule has 0 heterocycles. The van der Waals surface area contributed by atoms with Crippen LogP contribution in [-0.4, -0.2) is 0 Å². The summed E-state index contributed by atoms with van der Waals surface area (Å²) in [5.74, 6) is 0.592. The monoisotopic (exact) mass is 326 g/mol. The van der Waals surface area contributed by atoms with E-state index in [4.69, 9.17) is 0 Å². The molecule has 5 rings (SSSR count). The van der Waals surface area contributed by atoms with Crippen molar-refractivity contribution in [2.24, 2.45) is 0 Å². The van der Waals surface area contributed by atoms with E-state index in [1.54, 1.807) is 27.9 Å². The van der Waals surface area contributed by atoms with Crippen LogP contribution in [0.4, 0.5) is 0 Å². The molecule has 126 valence electrons. The highest BCUT2D eigenvalue weighted by Crippen LogP contribution is 2.46. The molecule has 0 aliphatic heterocycles. The number of hydrogen-bond acceptors (Lipinski definition) is 0. The largest absolute Gasteiger partial charge is 0.0764 e. The third-order valence-corrected chi connectivity index (χ3v) is 6.50. The lowest BCUT2D eigenvalue weighted by atomic mass is 9.79. The molecule has 1 aromatic carbocycles. The van der Waals surface area contributed by atoms with Crippen LogP contribution >= 0.6 is 0 Å². The summed E-state index contributed by atoms with van der Waals surface area (Å²) in [6, 6.07) is 8.87. The van der Waals surface area contributed by atoms with Crippen LogP contribution in [-0.2, 0) is 0 Å². The molecular formula is C25H26. The molecule has 1 aromatic rings. The summed E-state index contributed by atoms with van der Waals surface area (Å²) in [5.41, 5.74) is 12.6. The third kappa shape index (κ3) is 2.59. The molecule has 4 aliphatic carbocycles. The lowest BCUT2D eigenvalue weighted by molar-refractivity contribution is 0.663. The predicted molar refractivity (Wildman–Crippen MR) is 106 cm³/mol. The first-order chi connectivity index (χ1) is 12.3. The Hall–Kier alpha value is -2.08. The average Bonchev–Trinajstić information content (AvgIpc) is 3.18. The lowest BCUT2D eigenvalue weighted by Gasteiger charge is -2.26. The first-order valence-electron chi connectivity index (χ1n) is 9.90. The molecule has 0 nitrogen and oxygen atoms in total. The second-order valence-electron chi connectivity index (χ2n) is 8.04. The fourth-order valence-electron chi connectivity index (χ4n) is 5.14. The first-order valence-corrected chi connectivity index (χ1v) is 9.90. The van der Waals surface area contributed by atoms with Crippen molar-refractivity contribution in [1.29, 1.82) is 0 Å². The highest BCUT2D eigenvalue weighted by molar-refractivity contribution is 5.65. The average molecular weight is 326 g/mol. The van der Waals surface area contributed by atoms with Gasteiger partial charge in [0.25, 0.3) is 0 Å². The van der Waals surface area contributed by atoms with E-state index in [1.807, 2.05) is 0 Å². The van der Waals surface area contributed by atoms with Crippen molar-refractivity contribution in [2.75, 3.05) is 0 Å². The van der Waals surface area contributed by atoms with Gasteiger partial charge in [0, 0.05) is 5.92 Å². The van der Waals surface area contributed by atoms with Crippen LogP contribution in [0.15, 0.2) is 75.9 Å². The summed E-state index contributed by atoms with van der Waals surface area (Å²) in [5, 5.41) is 0. The third-order valence-electron chi connectivity index (χ3n) is 6.50. The zero-order valence-electron chi connectivity index (χ0n) is 15.1. The molecule has 4 aliphatic rings. The van der Waals surface area contributed by atoms with Crippen LogP contribution in [0.1, 0.15) is 68.9 Å². The molecule has 0 saturated carbocycles. The number of benzene rings is 1. The van der Waals surface area contributed by atoms with Crippen molar-refractivity contribution < 1.29 is 0 Å². The van der Waals surface area contributed by atoms with Crippen molar-refractivity contribution in [1.82, 2.24) is 0 Å². The van der Waals surface area contributed by atoms with E-state index >= 15 is 0 Å². The molecule has 1 unspecified atom stereocenters. The van der Waals surface area contributed by atoms with Gasteiger partial charge in [-0.2, -0.15) is 0 Å². The maximum absolute atomic E-state index is 2.55. The minimum absolute atomic E-state index is 0.592. The molecule has 0 spiro atoms. The predicted octanol–water partition coefficient (Wildman–Crippen LogP) is 7.03. The summed E-state index contributed by atoms with van der Waals surface area (Å²) in [7, 11) is 0. The summed E-state index contributed by atoms with van der Waals surface area (Å²) in [6.07, 6.45) is 18.8. The standard InChI is InChI=1S/C25H26/c1-17-14-22-15-20-7-2-3-8-21(20)16-25(22)23(17)13-12-19-11-10-18-6-4-5-9-24(18)19/h4-6,9-11,14,16,19H,2-3,7-8,12-13,15H2,1H3. The Bertz CT molecular complexity index is 882. The molecule has 0 bridgehead atoms. The molecule has 1 atom stereocenters. The van der Waals surface area contributed by atoms with Gasteiger partial charge in [0.1, 0.15) is 0 Å². The topological polar surface area (TPSA) is 0 Å². The van der Waals surface area contributed by atoms with E-state index in [9.17, 15) is 0 Å². The van der Waals surface area contributed by atoms with Crippen molar-refractivity contribution in [2.45, 2.75) is 57.8 Å². The van der Waals surface area contributed by atoms with E-state index in [0.29, 0.717) is 5.92 Å². The van der Waals surface area contributed by atoms with Gasteiger partial charge in [-0.25, -0.2) is 0 Å². The molecule has 0 heteroatoms. The maximum atomic E-state index is 2.55. The lowest BCUT2D eigenvalue weighted by Crippen LogP contribution is -2.07. The molecule has 0 fully saturated rings. The second kappa shape index (κ2) is 6.02. The molecule has 0 aromatic heterocycles. The van der Waals surface area contributed by atoms with Gasteiger partial charge in [0.2, 0.25) is 0 Å². The zero-order valence-corrected chi connectivity index (χ0v) is 15.1. The van der Waals surface area contributed by atoms with Crippen LogP contribution in [0.5, 0.6) is 0 Å². The molecule has 0 radical (unpaired) electrons.